The van der Waals surface area contributed by atoms with Crippen molar-refractivity contribution < 1.29 is 14.7 Å². The number of nitrogens with zero attached hydrogens (tertiary/aromatic N) is 1. The summed E-state index contributed by atoms with van der Waals surface area (Å²) in [6.45, 7) is 6.09. The van der Waals surface area contributed by atoms with Crippen molar-refractivity contribution in [1.29, 1.82) is 5.26 Å². The molecule has 1 aromatic heterocycles. The second-order valence-corrected chi connectivity index (χ2v) is 9.33. The van der Waals surface area contributed by atoms with Crippen LogP contribution in [0.3, 0.4) is 0 Å². The standard InChI is InChI=1S/C22H28N2O3S/c1-4-5-14-6-7-15-18(11-23)21(28-19(15)10-14)24-20(25)16-8-12(2)13(3)9-17(16)22(26)27/h14,16-17H,4-10H2,1-3H3,(H,24,25)(H,26,27)/t14-,16+,17-/m1/s1. The van der Waals surface area contributed by atoms with Gasteiger partial charge in [-0.2, -0.15) is 5.26 Å². The minimum atomic E-state index is -0.930. The molecule has 2 aliphatic carbocycles. The van der Waals surface area contributed by atoms with Crippen LogP contribution in [0, 0.1) is 29.1 Å². The summed E-state index contributed by atoms with van der Waals surface area (Å²) >= 11 is 1.51. The van der Waals surface area contributed by atoms with Crippen molar-refractivity contribution in [1.82, 2.24) is 0 Å². The molecule has 5 nitrogen and oxygen atoms in total. The first-order valence-corrected chi connectivity index (χ1v) is 10.9. The molecule has 6 heteroatoms. The third kappa shape index (κ3) is 4.00. The predicted molar refractivity (Wildman–Crippen MR) is 110 cm³/mol. The lowest BCUT2D eigenvalue weighted by Gasteiger charge is -2.29. The molecule has 3 rings (SSSR count). The van der Waals surface area contributed by atoms with Crippen molar-refractivity contribution >= 4 is 28.2 Å². The predicted octanol–water partition coefficient (Wildman–Crippen LogP) is 4.91. The zero-order chi connectivity index (χ0) is 20.4. The quantitative estimate of drug-likeness (QED) is 0.687. The van der Waals surface area contributed by atoms with E-state index in [1.54, 1.807) is 0 Å². The number of allylic oxidation sites excluding steroid dienone is 2. The molecular formula is C22H28N2O3S. The molecule has 0 saturated heterocycles. The number of thiophene rings is 1. The van der Waals surface area contributed by atoms with E-state index in [0.29, 0.717) is 29.3 Å². The van der Waals surface area contributed by atoms with Gasteiger partial charge in [0.2, 0.25) is 5.91 Å². The summed E-state index contributed by atoms with van der Waals surface area (Å²) < 4.78 is 0. The minimum Gasteiger partial charge on any atom is -0.481 e. The van der Waals surface area contributed by atoms with Crippen molar-refractivity contribution in [3.63, 3.8) is 0 Å². The zero-order valence-electron chi connectivity index (χ0n) is 16.8. The van der Waals surface area contributed by atoms with Gasteiger partial charge in [0.25, 0.3) is 0 Å². The van der Waals surface area contributed by atoms with Crippen LogP contribution in [0.2, 0.25) is 0 Å². The van der Waals surface area contributed by atoms with Crippen LogP contribution in [0.5, 0.6) is 0 Å². The van der Waals surface area contributed by atoms with Crippen molar-refractivity contribution in [2.45, 2.75) is 65.7 Å². The fourth-order valence-corrected chi connectivity index (χ4v) is 5.86. The average Bonchev–Trinajstić information content (AvgIpc) is 2.99. The van der Waals surface area contributed by atoms with E-state index in [9.17, 15) is 20.0 Å². The van der Waals surface area contributed by atoms with E-state index >= 15 is 0 Å². The number of carboxylic acid groups (broad SMARTS) is 1. The summed E-state index contributed by atoms with van der Waals surface area (Å²) in [6.07, 6.45) is 6.16. The molecule has 0 aromatic carbocycles. The molecule has 28 heavy (non-hydrogen) atoms. The van der Waals surface area contributed by atoms with Gasteiger partial charge in [0.15, 0.2) is 0 Å². The van der Waals surface area contributed by atoms with E-state index < -0.39 is 17.8 Å². The van der Waals surface area contributed by atoms with Gasteiger partial charge in [0.1, 0.15) is 11.1 Å². The Morgan fingerprint density at radius 2 is 1.89 bits per heavy atom. The van der Waals surface area contributed by atoms with Gasteiger partial charge >= 0.3 is 5.97 Å². The van der Waals surface area contributed by atoms with Gasteiger partial charge in [-0.25, -0.2) is 0 Å². The van der Waals surface area contributed by atoms with Gasteiger partial charge in [-0.3, -0.25) is 9.59 Å². The van der Waals surface area contributed by atoms with Crippen LogP contribution >= 0.6 is 11.3 Å². The van der Waals surface area contributed by atoms with Crippen LogP contribution < -0.4 is 5.32 Å². The Labute approximate surface area is 170 Å². The molecule has 0 unspecified atom stereocenters. The number of aliphatic carboxylic acids is 1. The first-order chi connectivity index (χ1) is 13.3. The molecule has 150 valence electrons. The van der Waals surface area contributed by atoms with Crippen LogP contribution in [0.4, 0.5) is 5.00 Å². The van der Waals surface area contributed by atoms with E-state index in [1.165, 1.54) is 22.6 Å². The van der Waals surface area contributed by atoms with E-state index in [1.807, 2.05) is 13.8 Å². The van der Waals surface area contributed by atoms with Crippen molar-refractivity contribution in [2.24, 2.45) is 17.8 Å². The highest BCUT2D eigenvalue weighted by molar-refractivity contribution is 7.16. The molecule has 2 N–H and O–H groups in total. The lowest BCUT2D eigenvalue weighted by atomic mass is 9.76. The Balaban J connectivity index is 1.83. The van der Waals surface area contributed by atoms with Crippen molar-refractivity contribution in [2.75, 3.05) is 5.32 Å². The number of nitriles is 1. The summed E-state index contributed by atoms with van der Waals surface area (Å²) in [6, 6.07) is 2.28. The maximum atomic E-state index is 13.0. The number of fused-ring (bicyclic) bond motifs is 1. The smallest absolute Gasteiger partial charge is 0.307 e. The third-order valence-electron chi connectivity index (χ3n) is 6.33. The highest BCUT2D eigenvalue weighted by Gasteiger charge is 2.38. The normalized spacial score (nSPS) is 24.4. The molecule has 3 atom stereocenters. The van der Waals surface area contributed by atoms with E-state index in [2.05, 4.69) is 18.3 Å². The highest BCUT2D eigenvalue weighted by Crippen LogP contribution is 2.41. The molecule has 1 heterocycles. The number of hydrogen-bond acceptors (Lipinski definition) is 4. The monoisotopic (exact) mass is 400 g/mol. The summed E-state index contributed by atoms with van der Waals surface area (Å²) in [5, 5.41) is 22.8. The number of carbonyl (C=O) groups excluding carboxylic acids is 1. The second-order valence-electron chi connectivity index (χ2n) is 8.23. The lowest BCUT2D eigenvalue weighted by molar-refractivity contribution is -0.146. The number of carboxylic acids is 1. The molecule has 1 amide bonds. The maximum Gasteiger partial charge on any atom is 0.307 e. The van der Waals surface area contributed by atoms with Crippen molar-refractivity contribution in [3.8, 4) is 6.07 Å². The maximum absolute atomic E-state index is 13.0. The largest absolute Gasteiger partial charge is 0.481 e. The van der Waals surface area contributed by atoms with Gasteiger partial charge in [-0.1, -0.05) is 30.9 Å². The topological polar surface area (TPSA) is 90.2 Å². The van der Waals surface area contributed by atoms with Crippen molar-refractivity contribution in [3.05, 3.63) is 27.2 Å². The molecule has 1 aromatic rings. The highest BCUT2D eigenvalue weighted by atomic mass is 32.1. The summed E-state index contributed by atoms with van der Waals surface area (Å²) in [5.74, 6) is -1.87. The first-order valence-electron chi connectivity index (χ1n) is 10.1. The second kappa shape index (κ2) is 8.48. The fraction of sp³-hybridized carbons (Fsp3) is 0.591. The Kier molecular flexibility index (Phi) is 6.24. The van der Waals surface area contributed by atoms with Gasteiger partial charge in [-0.15, -0.1) is 11.3 Å². The molecule has 2 aliphatic rings. The molecule has 0 fully saturated rings. The van der Waals surface area contributed by atoms with Crippen LogP contribution in [-0.4, -0.2) is 17.0 Å². The number of rotatable bonds is 5. The van der Waals surface area contributed by atoms with E-state index in [-0.39, 0.29) is 5.91 Å². The Hall–Kier alpha value is -2.13. The first kappa shape index (κ1) is 20.6. The number of carbonyl (C=O) groups is 2. The lowest BCUT2D eigenvalue weighted by Crippen LogP contribution is -2.36. The number of amides is 1. The molecule has 0 bridgehead atoms. The van der Waals surface area contributed by atoms with Gasteiger partial charge in [-0.05, 0) is 57.4 Å². The molecular weight excluding hydrogens is 372 g/mol. The number of nitrogens with one attached hydrogen (secondary N) is 1. The van der Waals surface area contributed by atoms with Gasteiger partial charge < -0.3 is 10.4 Å². The van der Waals surface area contributed by atoms with Crippen LogP contribution in [-0.2, 0) is 22.4 Å². The SMILES string of the molecule is CCC[C@@H]1CCc2c(sc(NC(=O)[C@H]3CC(C)=C(C)C[C@H]3C(=O)O)c2C#N)C1. The van der Waals surface area contributed by atoms with Gasteiger partial charge in [0.05, 0.1) is 17.4 Å². The molecule has 0 saturated carbocycles. The number of hydrogen-bond donors (Lipinski definition) is 2. The van der Waals surface area contributed by atoms with Crippen LogP contribution in [0.15, 0.2) is 11.1 Å². The zero-order valence-corrected chi connectivity index (χ0v) is 17.6. The van der Waals surface area contributed by atoms with Crippen LogP contribution in [0.1, 0.15) is 68.9 Å². The molecule has 0 aliphatic heterocycles. The fourth-order valence-electron chi connectivity index (χ4n) is 4.55. The summed E-state index contributed by atoms with van der Waals surface area (Å²) in [4.78, 5) is 25.9. The third-order valence-corrected chi connectivity index (χ3v) is 7.50. The summed E-state index contributed by atoms with van der Waals surface area (Å²) in [7, 11) is 0. The molecule has 0 radical (unpaired) electrons. The molecule has 0 spiro atoms. The Morgan fingerprint density at radius 3 is 2.50 bits per heavy atom. The Morgan fingerprint density at radius 1 is 1.21 bits per heavy atom. The van der Waals surface area contributed by atoms with E-state index in [0.717, 1.165) is 42.4 Å². The summed E-state index contributed by atoms with van der Waals surface area (Å²) in [5.41, 5.74) is 3.81. The van der Waals surface area contributed by atoms with Crippen LogP contribution in [0.25, 0.3) is 0 Å². The Bertz CT molecular complexity index is 862. The number of anilines is 1. The minimum absolute atomic E-state index is 0.278. The van der Waals surface area contributed by atoms with Gasteiger partial charge in [0, 0.05) is 4.88 Å². The van der Waals surface area contributed by atoms with E-state index in [4.69, 9.17) is 0 Å². The average molecular weight is 401 g/mol.